The van der Waals surface area contributed by atoms with Crippen LogP contribution >= 0.6 is 0 Å². The van der Waals surface area contributed by atoms with Crippen molar-refractivity contribution in [3.8, 4) is 0 Å². The van der Waals surface area contributed by atoms with Gasteiger partial charge in [0.1, 0.15) is 12.0 Å². The van der Waals surface area contributed by atoms with E-state index in [1.165, 1.54) is 0 Å². The van der Waals surface area contributed by atoms with E-state index in [0.29, 0.717) is 12.2 Å². The average molecular weight is 152 g/mol. The molecule has 1 rings (SSSR count). The maximum atomic E-state index is 9.13. The molecule has 0 bridgehead atoms. The molecule has 11 heavy (non-hydrogen) atoms. The topological polar surface area (TPSA) is 58.0 Å². The van der Waals surface area contributed by atoms with E-state index in [-0.39, 0.29) is 0 Å². The fourth-order valence-corrected chi connectivity index (χ4v) is 0.614. The highest BCUT2D eigenvalue weighted by molar-refractivity contribution is 5.31. The molecule has 0 aromatic carbocycles. The molecule has 0 spiro atoms. The van der Waals surface area contributed by atoms with Crippen molar-refractivity contribution in [3.05, 3.63) is 18.6 Å². The number of hydrogen-bond donors (Lipinski definition) is 2. The molecule has 1 aromatic heterocycles. The molecule has 0 saturated heterocycles. The average Bonchev–Trinajstić information content (AvgIpc) is 2.06. The molecule has 0 saturated carbocycles. The van der Waals surface area contributed by atoms with Gasteiger partial charge in [-0.15, -0.1) is 0 Å². The van der Waals surface area contributed by atoms with Crippen LogP contribution in [0.1, 0.15) is 13.3 Å². The number of aromatic nitrogens is 2. The Labute approximate surface area is 65.3 Å². The standard InChI is InChI=1S/C7H10N3O/c1-2-7(11)10-6-3-4-8-5-9-6/h3-4,7,11H,2H2,1H3,(H,8,9,10). The number of aliphatic hydroxyl groups excluding tert-OH is 1. The highest BCUT2D eigenvalue weighted by atomic mass is 16.3. The van der Waals surface area contributed by atoms with Crippen LogP contribution in [0.15, 0.2) is 12.3 Å². The van der Waals surface area contributed by atoms with Gasteiger partial charge < -0.3 is 10.4 Å². The molecule has 0 aliphatic carbocycles. The van der Waals surface area contributed by atoms with E-state index in [0.717, 1.165) is 0 Å². The lowest BCUT2D eigenvalue weighted by Crippen LogP contribution is -2.17. The van der Waals surface area contributed by atoms with Gasteiger partial charge in [0.25, 0.3) is 0 Å². The van der Waals surface area contributed by atoms with Crippen molar-refractivity contribution >= 4 is 5.82 Å². The van der Waals surface area contributed by atoms with Crippen molar-refractivity contribution in [1.29, 1.82) is 0 Å². The van der Waals surface area contributed by atoms with Gasteiger partial charge in [-0.1, -0.05) is 6.92 Å². The van der Waals surface area contributed by atoms with E-state index >= 15 is 0 Å². The Bertz CT molecular complexity index is 202. The van der Waals surface area contributed by atoms with E-state index in [4.69, 9.17) is 5.11 Å². The Hall–Kier alpha value is -1.16. The zero-order valence-corrected chi connectivity index (χ0v) is 6.28. The maximum absolute atomic E-state index is 9.13. The molecule has 0 aliphatic rings. The van der Waals surface area contributed by atoms with Gasteiger partial charge in [-0.05, 0) is 12.5 Å². The summed E-state index contributed by atoms with van der Waals surface area (Å²) >= 11 is 0. The van der Waals surface area contributed by atoms with E-state index < -0.39 is 6.23 Å². The second-order valence-corrected chi connectivity index (χ2v) is 2.11. The smallest absolute Gasteiger partial charge is 0.199 e. The van der Waals surface area contributed by atoms with E-state index in [9.17, 15) is 0 Å². The maximum Gasteiger partial charge on any atom is 0.199 e. The summed E-state index contributed by atoms with van der Waals surface area (Å²) in [6, 6.07) is 1.68. The van der Waals surface area contributed by atoms with Gasteiger partial charge in [-0.25, -0.2) is 9.97 Å². The molecule has 4 heteroatoms. The first-order valence-electron chi connectivity index (χ1n) is 3.46. The number of nitrogens with one attached hydrogen (secondary N) is 1. The summed E-state index contributed by atoms with van der Waals surface area (Å²) in [6.07, 6.45) is 4.08. The van der Waals surface area contributed by atoms with Crippen molar-refractivity contribution in [2.45, 2.75) is 19.6 Å². The third kappa shape index (κ3) is 2.51. The predicted octanol–water partition coefficient (Wildman–Crippen LogP) is 0.417. The molecule has 0 fully saturated rings. The Balaban J connectivity index is 2.51. The summed E-state index contributed by atoms with van der Waals surface area (Å²) in [5, 5.41) is 11.9. The van der Waals surface area contributed by atoms with Gasteiger partial charge >= 0.3 is 0 Å². The van der Waals surface area contributed by atoms with Crippen LogP contribution in [0.4, 0.5) is 5.82 Å². The SMILES string of the molecule is CCC(O)Nc1ccn[c]n1. The van der Waals surface area contributed by atoms with Crippen molar-refractivity contribution in [2.24, 2.45) is 0 Å². The van der Waals surface area contributed by atoms with Crippen molar-refractivity contribution < 1.29 is 5.11 Å². The third-order valence-corrected chi connectivity index (χ3v) is 1.24. The quantitative estimate of drug-likeness (QED) is 0.616. The van der Waals surface area contributed by atoms with Crippen molar-refractivity contribution in [2.75, 3.05) is 5.32 Å². The molecule has 1 radical (unpaired) electrons. The lowest BCUT2D eigenvalue weighted by Gasteiger charge is -2.09. The predicted molar refractivity (Wildman–Crippen MR) is 40.8 cm³/mol. The summed E-state index contributed by atoms with van der Waals surface area (Å²) in [5.41, 5.74) is 0. The molecule has 0 aliphatic heterocycles. The van der Waals surface area contributed by atoms with Crippen LogP contribution in [0.5, 0.6) is 0 Å². The summed E-state index contributed by atoms with van der Waals surface area (Å²) in [7, 11) is 0. The lowest BCUT2D eigenvalue weighted by atomic mass is 10.4. The normalized spacial score (nSPS) is 12.5. The van der Waals surface area contributed by atoms with Crippen molar-refractivity contribution in [1.82, 2.24) is 9.97 Å². The van der Waals surface area contributed by atoms with Crippen LogP contribution in [-0.4, -0.2) is 21.3 Å². The van der Waals surface area contributed by atoms with Gasteiger partial charge in [0, 0.05) is 6.20 Å². The van der Waals surface area contributed by atoms with Crippen LogP contribution < -0.4 is 5.32 Å². The number of aliphatic hydroxyl groups is 1. The lowest BCUT2D eigenvalue weighted by molar-refractivity contribution is 0.199. The number of rotatable bonds is 3. The van der Waals surface area contributed by atoms with Crippen LogP contribution in [0, 0.1) is 6.33 Å². The molecule has 0 amide bonds. The van der Waals surface area contributed by atoms with E-state index in [2.05, 4.69) is 21.6 Å². The molecule has 1 heterocycles. The first kappa shape index (κ1) is 7.94. The number of hydrogen-bond acceptors (Lipinski definition) is 4. The Morgan fingerprint density at radius 2 is 2.64 bits per heavy atom. The Morgan fingerprint density at radius 3 is 3.18 bits per heavy atom. The molecule has 1 atom stereocenters. The first-order valence-corrected chi connectivity index (χ1v) is 3.46. The fraction of sp³-hybridized carbons (Fsp3) is 0.429. The minimum atomic E-state index is -0.543. The first-order chi connectivity index (χ1) is 5.33. The minimum absolute atomic E-state index is 0.543. The molecule has 1 aromatic rings. The monoisotopic (exact) mass is 152 g/mol. The van der Waals surface area contributed by atoms with Gasteiger partial charge in [0.15, 0.2) is 6.33 Å². The molecule has 59 valence electrons. The van der Waals surface area contributed by atoms with Gasteiger partial charge in [-0.3, -0.25) is 0 Å². The van der Waals surface area contributed by atoms with Crippen LogP contribution in [0.3, 0.4) is 0 Å². The minimum Gasteiger partial charge on any atom is -0.374 e. The fourth-order valence-electron chi connectivity index (χ4n) is 0.614. The van der Waals surface area contributed by atoms with Crippen LogP contribution in [0.2, 0.25) is 0 Å². The molecule has 1 unspecified atom stereocenters. The number of nitrogens with zero attached hydrogens (tertiary/aromatic N) is 2. The summed E-state index contributed by atoms with van der Waals surface area (Å²) in [6.45, 7) is 1.88. The zero-order chi connectivity index (χ0) is 8.10. The highest BCUT2D eigenvalue weighted by Gasteiger charge is 1.98. The van der Waals surface area contributed by atoms with Crippen LogP contribution in [0.25, 0.3) is 0 Å². The van der Waals surface area contributed by atoms with Gasteiger partial charge in [0.2, 0.25) is 0 Å². The van der Waals surface area contributed by atoms with E-state index in [1.54, 1.807) is 12.3 Å². The van der Waals surface area contributed by atoms with Crippen LogP contribution in [-0.2, 0) is 0 Å². The molecule has 4 nitrogen and oxygen atoms in total. The van der Waals surface area contributed by atoms with Gasteiger partial charge in [-0.2, -0.15) is 0 Å². The second kappa shape index (κ2) is 3.88. The summed E-state index contributed by atoms with van der Waals surface area (Å²) < 4.78 is 0. The molecule has 2 N–H and O–H groups in total. The van der Waals surface area contributed by atoms with Crippen molar-refractivity contribution in [3.63, 3.8) is 0 Å². The van der Waals surface area contributed by atoms with E-state index in [1.807, 2.05) is 6.92 Å². The Kier molecular flexibility index (Phi) is 2.80. The summed E-state index contributed by atoms with van der Waals surface area (Å²) in [5.74, 6) is 0.592. The third-order valence-electron chi connectivity index (χ3n) is 1.24. The molecular formula is C7H10N3O. The largest absolute Gasteiger partial charge is 0.374 e. The zero-order valence-electron chi connectivity index (χ0n) is 6.28. The number of anilines is 1. The highest BCUT2D eigenvalue weighted by Crippen LogP contribution is 2.00. The van der Waals surface area contributed by atoms with Gasteiger partial charge in [0.05, 0.1) is 0 Å². The molecular weight excluding hydrogens is 142 g/mol. The Morgan fingerprint density at radius 1 is 1.82 bits per heavy atom. The summed E-state index contributed by atoms with van der Waals surface area (Å²) in [4.78, 5) is 7.38. The second-order valence-electron chi connectivity index (χ2n) is 2.11.